The number of unbranched alkanes of at least 4 members (excludes halogenated alkanes) is 3. The molecule has 0 aliphatic rings. The highest BCUT2D eigenvalue weighted by Gasteiger charge is 2.33. The third-order valence-electron chi connectivity index (χ3n) is 7.33. The second-order valence-corrected chi connectivity index (χ2v) is 16.9. The van der Waals surface area contributed by atoms with Crippen LogP contribution in [0.15, 0.2) is 71.1 Å². The van der Waals surface area contributed by atoms with Gasteiger partial charge in [-0.25, -0.2) is 0 Å². The molecule has 0 bridgehead atoms. The first kappa shape index (κ1) is 25.5. The standard InChI is InChI=1S/C30H38ClOPSi/c1-4-7-21-34(22-8-5-2,23-9-6-3)25-19-17-24(18-20-25)33(31)29-16-12-14-27-26-13-10-11-15-28(26)32-30(27)29/h10-20H,4-9,21-23H2,1-3H3. The Morgan fingerprint density at radius 3 is 1.91 bits per heavy atom. The van der Waals surface area contributed by atoms with Crippen molar-refractivity contribution in [1.82, 2.24) is 0 Å². The summed E-state index contributed by atoms with van der Waals surface area (Å²) >= 11 is 7.17. The molecule has 180 valence electrons. The van der Waals surface area contributed by atoms with Crippen molar-refractivity contribution in [2.24, 2.45) is 0 Å². The topological polar surface area (TPSA) is 13.1 Å². The minimum Gasteiger partial charge on any atom is -0.455 e. The van der Waals surface area contributed by atoms with E-state index < -0.39 is 15.3 Å². The SMILES string of the molecule is CCCC[Si](CCCC)(CCCC)c1ccc(P(Cl)c2cccc3c2oc2ccccc23)cc1. The van der Waals surface area contributed by atoms with Crippen molar-refractivity contribution in [3.8, 4) is 0 Å². The highest BCUT2D eigenvalue weighted by atomic mass is 35.7. The monoisotopic (exact) mass is 508 g/mol. The third kappa shape index (κ3) is 5.30. The van der Waals surface area contributed by atoms with Gasteiger partial charge >= 0.3 is 0 Å². The Hall–Kier alpha value is -1.60. The van der Waals surface area contributed by atoms with Gasteiger partial charge in [0, 0.05) is 16.1 Å². The quantitative estimate of drug-likeness (QED) is 0.137. The molecule has 0 aliphatic heterocycles. The summed E-state index contributed by atoms with van der Waals surface area (Å²) in [5, 5.41) is 6.30. The zero-order valence-corrected chi connectivity index (χ0v) is 23.6. The summed E-state index contributed by atoms with van der Waals surface area (Å²) in [6.07, 6.45) is 7.95. The second kappa shape index (κ2) is 11.9. The van der Waals surface area contributed by atoms with Crippen LogP contribution in [0.25, 0.3) is 21.9 Å². The van der Waals surface area contributed by atoms with Gasteiger partial charge in [0.25, 0.3) is 0 Å². The van der Waals surface area contributed by atoms with Crippen LogP contribution in [0.2, 0.25) is 18.1 Å². The van der Waals surface area contributed by atoms with Gasteiger partial charge in [-0.15, -0.1) is 0 Å². The Kier molecular flexibility index (Phi) is 8.91. The lowest BCUT2D eigenvalue weighted by molar-refractivity contribution is 0.671. The lowest BCUT2D eigenvalue weighted by atomic mass is 10.1. The Labute approximate surface area is 212 Å². The maximum atomic E-state index is 7.17. The minimum absolute atomic E-state index is 0.930. The van der Waals surface area contributed by atoms with Crippen LogP contribution in [-0.2, 0) is 0 Å². The molecule has 0 radical (unpaired) electrons. The van der Waals surface area contributed by atoms with E-state index >= 15 is 0 Å². The molecule has 0 spiro atoms. The molecular formula is C30H38ClOPSi. The van der Waals surface area contributed by atoms with Gasteiger partial charge in [-0.3, -0.25) is 0 Å². The summed E-state index contributed by atoms with van der Waals surface area (Å²) in [6.45, 7) is 7.00. The van der Waals surface area contributed by atoms with E-state index in [0.717, 1.165) is 27.2 Å². The van der Waals surface area contributed by atoms with E-state index in [1.807, 2.05) is 12.1 Å². The molecular weight excluding hydrogens is 471 g/mol. The second-order valence-electron chi connectivity index (χ2n) is 9.67. The molecule has 4 aromatic rings. The fourth-order valence-electron chi connectivity index (χ4n) is 5.33. The van der Waals surface area contributed by atoms with Crippen molar-refractivity contribution >= 4 is 64.3 Å². The predicted molar refractivity (Wildman–Crippen MR) is 157 cm³/mol. The smallest absolute Gasteiger partial charge is 0.144 e. The molecule has 1 unspecified atom stereocenters. The van der Waals surface area contributed by atoms with Crippen molar-refractivity contribution in [2.75, 3.05) is 0 Å². The fraction of sp³-hybridized carbons (Fsp3) is 0.400. The van der Waals surface area contributed by atoms with Crippen molar-refractivity contribution in [3.05, 3.63) is 66.7 Å². The molecule has 1 atom stereocenters. The highest BCUT2D eigenvalue weighted by Crippen LogP contribution is 2.43. The number of para-hydroxylation sites is 2. The maximum absolute atomic E-state index is 7.17. The summed E-state index contributed by atoms with van der Waals surface area (Å²) in [7, 11) is -2.49. The van der Waals surface area contributed by atoms with Crippen LogP contribution in [0.1, 0.15) is 59.3 Å². The number of hydrogen-bond acceptors (Lipinski definition) is 1. The van der Waals surface area contributed by atoms with Crippen molar-refractivity contribution < 1.29 is 4.42 Å². The van der Waals surface area contributed by atoms with E-state index in [1.54, 1.807) is 5.19 Å². The molecule has 1 aromatic heterocycles. The van der Waals surface area contributed by atoms with E-state index in [1.165, 1.54) is 62.0 Å². The van der Waals surface area contributed by atoms with Crippen LogP contribution in [-0.4, -0.2) is 8.07 Å². The van der Waals surface area contributed by atoms with Gasteiger partial charge in [-0.05, 0) is 17.4 Å². The van der Waals surface area contributed by atoms with Crippen molar-refractivity contribution in [3.63, 3.8) is 0 Å². The summed E-state index contributed by atoms with van der Waals surface area (Å²) in [5.74, 6) is 0. The Balaban J connectivity index is 1.67. The number of rotatable bonds is 12. The zero-order chi connectivity index (χ0) is 24.0. The van der Waals surface area contributed by atoms with Gasteiger partial charge in [0.15, 0.2) is 0 Å². The zero-order valence-electron chi connectivity index (χ0n) is 20.9. The molecule has 34 heavy (non-hydrogen) atoms. The molecule has 3 aromatic carbocycles. The predicted octanol–water partition coefficient (Wildman–Crippen LogP) is 9.23. The number of fused-ring (bicyclic) bond motifs is 3. The molecule has 0 amide bonds. The number of hydrogen-bond donors (Lipinski definition) is 0. The lowest BCUT2D eigenvalue weighted by Crippen LogP contribution is -2.47. The van der Waals surface area contributed by atoms with E-state index in [9.17, 15) is 0 Å². The van der Waals surface area contributed by atoms with Gasteiger partial charge in [-0.1, -0.05) is 148 Å². The van der Waals surface area contributed by atoms with Crippen LogP contribution in [0.5, 0.6) is 0 Å². The molecule has 0 fully saturated rings. The summed E-state index contributed by atoms with van der Waals surface area (Å²) < 4.78 is 6.28. The van der Waals surface area contributed by atoms with Crippen LogP contribution < -0.4 is 15.8 Å². The first-order valence-electron chi connectivity index (χ1n) is 13.1. The van der Waals surface area contributed by atoms with Crippen LogP contribution in [0.3, 0.4) is 0 Å². The molecule has 4 heteroatoms. The molecule has 4 rings (SSSR count). The number of benzene rings is 3. The van der Waals surface area contributed by atoms with Gasteiger partial charge in [0.1, 0.15) is 11.2 Å². The van der Waals surface area contributed by atoms with Gasteiger partial charge in [-0.2, -0.15) is 0 Å². The first-order chi connectivity index (χ1) is 16.6. The largest absolute Gasteiger partial charge is 0.455 e. The van der Waals surface area contributed by atoms with Crippen LogP contribution in [0.4, 0.5) is 0 Å². The summed E-state index contributed by atoms with van der Waals surface area (Å²) in [6, 6.07) is 28.5. The first-order valence-corrected chi connectivity index (χ1v) is 18.0. The maximum Gasteiger partial charge on any atom is 0.144 e. The van der Waals surface area contributed by atoms with Gasteiger partial charge in [0.05, 0.1) is 15.3 Å². The Morgan fingerprint density at radius 1 is 0.706 bits per heavy atom. The van der Waals surface area contributed by atoms with Crippen LogP contribution >= 0.6 is 18.5 Å². The molecule has 0 aliphatic carbocycles. The Morgan fingerprint density at radius 2 is 1.29 bits per heavy atom. The minimum atomic E-state index is -1.49. The molecule has 0 saturated heterocycles. The average Bonchev–Trinajstić information content (AvgIpc) is 3.27. The summed E-state index contributed by atoms with van der Waals surface area (Å²) in [4.78, 5) is 0. The number of halogens is 1. The highest BCUT2D eigenvalue weighted by molar-refractivity contribution is 7.96. The molecule has 1 heterocycles. The van der Waals surface area contributed by atoms with Crippen molar-refractivity contribution in [1.29, 1.82) is 0 Å². The molecule has 1 nitrogen and oxygen atoms in total. The summed E-state index contributed by atoms with van der Waals surface area (Å²) in [5.41, 5.74) is 1.87. The van der Waals surface area contributed by atoms with E-state index in [2.05, 4.69) is 75.4 Å². The van der Waals surface area contributed by atoms with E-state index in [4.69, 9.17) is 15.7 Å². The molecule has 0 saturated carbocycles. The average molecular weight is 509 g/mol. The number of furan rings is 1. The van der Waals surface area contributed by atoms with Crippen LogP contribution in [0, 0.1) is 0 Å². The Bertz CT molecular complexity index is 1180. The molecule has 0 N–H and O–H groups in total. The normalized spacial score (nSPS) is 13.1. The van der Waals surface area contributed by atoms with Crippen molar-refractivity contribution in [2.45, 2.75) is 77.4 Å². The lowest BCUT2D eigenvalue weighted by Gasteiger charge is -2.33. The van der Waals surface area contributed by atoms with E-state index in [0.29, 0.717) is 0 Å². The fourth-order valence-corrected chi connectivity index (χ4v) is 12.9. The van der Waals surface area contributed by atoms with Gasteiger partial charge < -0.3 is 4.42 Å². The third-order valence-corrected chi connectivity index (χ3v) is 15.5. The van der Waals surface area contributed by atoms with E-state index in [-0.39, 0.29) is 0 Å². The van der Waals surface area contributed by atoms with Gasteiger partial charge in [0.2, 0.25) is 0 Å².